The van der Waals surface area contributed by atoms with Crippen LogP contribution in [-0.2, 0) is 13.2 Å². The van der Waals surface area contributed by atoms with Crippen molar-refractivity contribution in [2.75, 3.05) is 0 Å². The van der Waals surface area contributed by atoms with E-state index < -0.39 is 28.1 Å². The number of aromatic amines is 1. The van der Waals surface area contributed by atoms with Crippen LogP contribution in [0.1, 0.15) is 5.69 Å². The highest BCUT2D eigenvalue weighted by atomic mass is 35.5. The van der Waals surface area contributed by atoms with Gasteiger partial charge in [0.05, 0.1) is 0 Å². The molecule has 0 fully saturated rings. The predicted molar refractivity (Wildman–Crippen MR) is 42.3 cm³/mol. The highest BCUT2D eigenvalue weighted by Crippen LogP contribution is 2.31. The SMILES string of the molecule is Cn1c(C(F)(F)F)c(Cl)c(=O)[nH]c1=O. The number of hydrogen-bond donors (Lipinski definition) is 1. The lowest BCUT2D eigenvalue weighted by Gasteiger charge is -2.11. The number of H-pyrrole nitrogens is 1. The van der Waals surface area contributed by atoms with Gasteiger partial charge in [-0.3, -0.25) is 14.3 Å². The second-order valence-corrected chi connectivity index (χ2v) is 2.86. The molecule has 1 aromatic heterocycles. The van der Waals surface area contributed by atoms with Crippen LogP contribution in [0.25, 0.3) is 0 Å². The standard InChI is InChI=1S/C6H4ClF3N2O2/c1-12-3(6(8,9)10)2(7)4(13)11-5(12)14/h1H3,(H,11,13,14). The molecule has 0 saturated carbocycles. The van der Waals surface area contributed by atoms with Crippen molar-refractivity contribution in [2.24, 2.45) is 7.05 Å². The minimum Gasteiger partial charge on any atom is -0.291 e. The maximum Gasteiger partial charge on any atom is 0.433 e. The lowest BCUT2D eigenvalue weighted by Crippen LogP contribution is -2.34. The second-order valence-electron chi connectivity index (χ2n) is 2.48. The van der Waals surface area contributed by atoms with E-state index in [0.717, 1.165) is 7.05 Å². The fraction of sp³-hybridized carbons (Fsp3) is 0.333. The van der Waals surface area contributed by atoms with E-state index in [4.69, 9.17) is 11.6 Å². The van der Waals surface area contributed by atoms with Gasteiger partial charge in [-0.15, -0.1) is 0 Å². The Kier molecular flexibility index (Phi) is 2.45. The summed E-state index contributed by atoms with van der Waals surface area (Å²) in [5.74, 6) is 0. The van der Waals surface area contributed by atoms with Crippen molar-refractivity contribution in [1.82, 2.24) is 9.55 Å². The molecule has 1 N–H and O–H groups in total. The molecule has 0 aliphatic carbocycles. The maximum absolute atomic E-state index is 12.3. The topological polar surface area (TPSA) is 54.9 Å². The molecule has 14 heavy (non-hydrogen) atoms. The highest BCUT2D eigenvalue weighted by Gasteiger charge is 2.37. The Morgan fingerprint density at radius 1 is 1.36 bits per heavy atom. The van der Waals surface area contributed by atoms with Gasteiger partial charge in [-0.05, 0) is 0 Å². The molecule has 0 aliphatic rings. The first-order valence-corrected chi connectivity index (χ1v) is 3.69. The third kappa shape index (κ3) is 1.67. The Morgan fingerprint density at radius 3 is 2.29 bits per heavy atom. The van der Waals surface area contributed by atoms with Crippen LogP contribution in [0.3, 0.4) is 0 Å². The van der Waals surface area contributed by atoms with Crippen LogP contribution in [0.2, 0.25) is 5.02 Å². The molecule has 0 aromatic carbocycles. The van der Waals surface area contributed by atoms with Gasteiger partial charge in [-0.1, -0.05) is 11.6 Å². The van der Waals surface area contributed by atoms with Gasteiger partial charge in [0.1, 0.15) is 5.02 Å². The Hall–Kier alpha value is -1.24. The van der Waals surface area contributed by atoms with E-state index in [9.17, 15) is 22.8 Å². The van der Waals surface area contributed by atoms with Gasteiger partial charge in [0.2, 0.25) is 0 Å². The van der Waals surface area contributed by atoms with Crippen LogP contribution in [0.4, 0.5) is 13.2 Å². The molecular weight excluding hydrogens is 225 g/mol. The first-order chi connectivity index (χ1) is 6.25. The molecule has 0 bridgehead atoms. The van der Waals surface area contributed by atoms with Crippen molar-refractivity contribution >= 4 is 11.6 Å². The molecule has 4 nitrogen and oxygen atoms in total. The highest BCUT2D eigenvalue weighted by molar-refractivity contribution is 6.31. The van der Waals surface area contributed by atoms with Crippen LogP contribution in [0.15, 0.2) is 9.59 Å². The minimum absolute atomic E-state index is 0.240. The number of alkyl halides is 3. The van der Waals surface area contributed by atoms with Gasteiger partial charge in [0.15, 0.2) is 5.69 Å². The van der Waals surface area contributed by atoms with E-state index in [-0.39, 0.29) is 4.57 Å². The molecule has 0 radical (unpaired) electrons. The van der Waals surface area contributed by atoms with E-state index in [0.29, 0.717) is 0 Å². The summed E-state index contributed by atoms with van der Waals surface area (Å²) in [4.78, 5) is 23.2. The van der Waals surface area contributed by atoms with Crippen LogP contribution in [-0.4, -0.2) is 9.55 Å². The maximum atomic E-state index is 12.3. The second kappa shape index (κ2) is 3.16. The molecule has 0 spiro atoms. The van der Waals surface area contributed by atoms with E-state index in [1.807, 2.05) is 0 Å². The van der Waals surface area contributed by atoms with Crippen molar-refractivity contribution in [2.45, 2.75) is 6.18 Å². The van der Waals surface area contributed by atoms with Crippen molar-refractivity contribution in [3.63, 3.8) is 0 Å². The lowest BCUT2D eigenvalue weighted by molar-refractivity contribution is -0.143. The Morgan fingerprint density at radius 2 is 1.86 bits per heavy atom. The molecule has 1 heterocycles. The zero-order valence-corrected chi connectivity index (χ0v) is 7.53. The fourth-order valence-corrected chi connectivity index (χ4v) is 1.19. The molecule has 0 amide bonds. The smallest absolute Gasteiger partial charge is 0.291 e. The third-order valence-electron chi connectivity index (χ3n) is 1.54. The van der Waals surface area contributed by atoms with Crippen molar-refractivity contribution in [1.29, 1.82) is 0 Å². The first kappa shape index (κ1) is 10.8. The number of nitrogens with one attached hydrogen (secondary N) is 1. The third-order valence-corrected chi connectivity index (χ3v) is 1.89. The van der Waals surface area contributed by atoms with Gasteiger partial charge in [-0.25, -0.2) is 4.79 Å². The number of halogens is 4. The van der Waals surface area contributed by atoms with E-state index in [1.54, 1.807) is 4.98 Å². The quantitative estimate of drug-likeness (QED) is 0.712. The normalized spacial score (nSPS) is 11.8. The van der Waals surface area contributed by atoms with E-state index in [1.165, 1.54) is 0 Å². The van der Waals surface area contributed by atoms with Crippen molar-refractivity contribution < 1.29 is 13.2 Å². The number of hydrogen-bond acceptors (Lipinski definition) is 2. The molecule has 0 saturated heterocycles. The average Bonchev–Trinajstić information content (AvgIpc) is 1.98. The summed E-state index contributed by atoms with van der Waals surface area (Å²) in [5.41, 5.74) is -3.86. The van der Waals surface area contributed by atoms with Gasteiger partial charge >= 0.3 is 11.9 Å². The summed E-state index contributed by atoms with van der Waals surface area (Å²) in [5, 5.41) is -1.04. The molecule has 1 rings (SSSR count). The van der Waals surface area contributed by atoms with Crippen LogP contribution in [0.5, 0.6) is 0 Å². The van der Waals surface area contributed by atoms with E-state index >= 15 is 0 Å². The summed E-state index contributed by atoms with van der Waals surface area (Å²) < 4.78 is 37.1. The predicted octanol–water partition coefficient (Wildman–Crippen LogP) is 0.746. The fourth-order valence-electron chi connectivity index (χ4n) is 0.907. The van der Waals surface area contributed by atoms with E-state index in [2.05, 4.69) is 0 Å². The Balaban J connectivity index is 3.74. The molecule has 78 valence electrons. The summed E-state index contributed by atoms with van der Waals surface area (Å²) in [6.07, 6.45) is -4.83. The zero-order valence-electron chi connectivity index (χ0n) is 6.78. The lowest BCUT2D eigenvalue weighted by atomic mass is 10.4. The van der Waals surface area contributed by atoms with Crippen LogP contribution in [0, 0.1) is 0 Å². The summed E-state index contributed by atoms with van der Waals surface area (Å²) in [7, 11) is 0.868. The molecule has 0 aliphatic heterocycles. The first-order valence-electron chi connectivity index (χ1n) is 3.31. The monoisotopic (exact) mass is 228 g/mol. The minimum atomic E-state index is -4.83. The number of aromatic nitrogens is 2. The van der Waals surface area contributed by atoms with Crippen LogP contribution < -0.4 is 11.2 Å². The average molecular weight is 229 g/mol. The molecular formula is C6H4ClF3N2O2. The van der Waals surface area contributed by atoms with Crippen molar-refractivity contribution in [3.8, 4) is 0 Å². The van der Waals surface area contributed by atoms with Gasteiger partial charge in [0.25, 0.3) is 5.56 Å². The molecule has 0 unspecified atom stereocenters. The summed E-state index contributed by atoms with van der Waals surface area (Å²) in [6, 6.07) is 0. The largest absolute Gasteiger partial charge is 0.433 e. The van der Waals surface area contributed by atoms with Gasteiger partial charge in [-0.2, -0.15) is 13.2 Å². The Labute approximate surface area is 79.9 Å². The van der Waals surface area contributed by atoms with Gasteiger partial charge < -0.3 is 0 Å². The molecule has 0 atom stereocenters. The zero-order chi connectivity index (χ0) is 11.1. The summed E-state index contributed by atoms with van der Waals surface area (Å²) >= 11 is 5.13. The number of nitrogens with zero attached hydrogens (tertiary/aromatic N) is 1. The Bertz CT molecular complexity index is 439. The number of rotatable bonds is 0. The molecule has 1 aromatic rings. The van der Waals surface area contributed by atoms with Gasteiger partial charge in [0, 0.05) is 7.05 Å². The summed E-state index contributed by atoms with van der Waals surface area (Å²) in [6.45, 7) is 0. The molecule has 8 heteroatoms. The van der Waals surface area contributed by atoms with Crippen LogP contribution >= 0.6 is 11.6 Å². The van der Waals surface area contributed by atoms with Crippen molar-refractivity contribution in [3.05, 3.63) is 31.6 Å².